The standard InChI is InChI=1S/C26H24Cl2O6/c1-3-31-25(29)19-9-11-23(21(27)13-19)33-15-17-5-7-18(8-6-17)16-34-24-12-10-20(14-22(24)28)26(30)32-4-2/h5-14H,3-4,15-16H2,1-2H3. The molecule has 0 saturated carbocycles. The molecule has 0 aromatic heterocycles. The summed E-state index contributed by atoms with van der Waals surface area (Å²) in [5, 5.41) is 0.669. The van der Waals surface area contributed by atoms with Crippen LogP contribution in [0, 0.1) is 0 Å². The number of esters is 2. The molecular weight excluding hydrogens is 479 g/mol. The molecule has 3 rings (SSSR count). The number of hydrogen-bond donors (Lipinski definition) is 0. The first-order chi connectivity index (χ1) is 16.4. The van der Waals surface area contributed by atoms with Crippen LogP contribution in [0.15, 0.2) is 60.7 Å². The second kappa shape index (κ2) is 12.3. The van der Waals surface area contributed by atoms with Gasteiger partial charge < -0.3 is 18.9 Å². The van der Waals surface area contributed by atoms with E-state index < -0.39 is 11.9 Å². The monoisotopic (exact) mass is 502 g/mol. The van der Waals surface area contributed by atoms with Gasteiger partial charge in [-0.1, -0.05) is 47.5 Å². The van der Waals surface area contributed by atoms with Crippen molar-refractivity contribution in [3.05, 3.63) is 93.0 Å². The Bertz CT molecular complexity index is 1050. The van der Waals surface area contributed by atoms with E-state index in [1.165, 1.54) is 12.1 Å². The van der Waals surface area contributed by atoms with Gasteiger partial charge in [-0.05, 0) is 61.4 Å². The van der Waals surface area contributed by atoms with Crippen molar-refractivity contribution >= 4 is 35.1 Å². The number of rotatable bonds is 10. The van der Waals surface area contributed by atoms with Crippen molar-refractivity contribution in [2.75, 3.05) is 13.2 Å². The van der Waals surface area contributed by atoms with Crippen molar-refractivity contribution in [2.45, 2.75) is 27.1 Å². The van der Waals surface area contributed by atoms with E-state index in [4.69, 9.17) is 42.1 Å². The fourth-order valence-electron chi connectivity index (χ4n) is 2.97. The summed E-state index contributed by atoms with van der Waals surface area (Å²) in [5.74, 6) is 0.0982. The average Bonchev–Trinajstić information content (AvgIpc) is 2.83. The van der Waals surface area contributed by atoms with Gasteiger partial charge in [0.2, 0.25) is 0 Å². The zero-order valence-electron chi connectivity index (χ0n) is 18.8. The van der Waals surface area contributed by atoms with Crippen LogP contribution < -0.4 is 9.47 Å². The molecule has 0 heterocycles. The molecule has 0 aliphatic rings. The van der Waals surface area contributed by atoms with Crippen LogP contribution >= 0.6 is 23.2 Å². The largest absolute Gasteiger partial charge is 0.487 e. The van der Waals surface area contributed by atoms with Crippen LogP contribution in [0.5, 0.6) is 11.5 Å². The van der Waals surface area contributed by atoms with Crippen LogP contribution in [0.3, 0.4) is 0 Å². The Morgan fingerprint density at radius 3 is 1.35 bits per heavy atom. The van der Waals surface area contributed by atoms with Gasteiger partial charge in [0.1, 0.15) is 24.7 Å². The summed E-state index contributed by atoms with van der Waals surface area (Å²) in [5.41, 5.74) is 2.62. The fraction of sp³-hybridized carbons (Fsp3) is 0.231. The molecule has 0 bridgehead atoms. The minimum absolute atomic E-state index is 0.296. The third-order valence-corrected chi connectivity index (χ3v) is 5.29. The summed E-state index contributed by atoms with van der Waals surface area (Å²) >= 11 is 12.5. The Balaban J connectivity index is 1.54. The van der Waals surface area contributed by atoms with Crippen LogP contribution in [0.25, 0.3) is 0 Å². The third-order valence-electron chi connectivity index (χ3n) is 4.70. The van der Waals surface area contributed by atoms with Gasteiger partial charge in [0, 0.05) is 0 Å². The zero-order valence-corrected chi connectivity index (χ0v) is 20.3. The number of ether oxygens (including phenoxy) is 4. The lowest BCUT2D eigenvalue weighted by Crippen LogP contribution is -2.05. The second-order valence-corrected chi connectivity index (χ2v) is 7.94. The number of hydrogen-bond acceptors (Lipinski definition) is 6. The van der Waals surface area contributed by atoms with Crippen molar-refractivity contribution in [3.63, 3.8) is 0 Å². The van der Waals surface area contributed by atoms with E-state index in [9.17, 15) is 9.59 Å². The minimum Gasteiger partial charge on any atom is -0.487 e. The number of carbonyl (C=O) groups excluding carboxylic acids is 2. The van der Waals surface area contributed by atoms with Crippen LogP contribution in [0.2, 0.25) is 10.0 Å². The highest BCUT2D eigenvalue weighted by molar-refractivity contribution is 6.32. The normalized spacial score (nSPS) is 10.5. The molecule has 0 spiro atoms. The SMILES string of the molecule is CCOC(=O)c1ccc(OCc2ccc(COc3ccc(C(=O)OCC)cc3Cl)cc2)c(Cl)c1. The first-order valence-electron chi connectivity index (χ1n) is 10.7. The summed E-state index contributed by atoms with van der Waals surface area (Å²) in [6, 6.07) is 17.3. The van der Waals surface area contributed by atoms with E-state index in [0.29, 0.717) is 59.1 Å². The molecule has 0 atom stereocenters. The Kier molecular flexibility index (Phi) is 9.19. The van der Waals surface area contributed by atoms with Gasteiger partial charge in [0.25, 0.3) is 0 Å². The molecule has 0 fully saturated rings. The van der Waals surface area contributed by atoms with Crippen LogP contribution in [-0.2, 0) is 22.7 Å². The van der Waals surface area contributed by atoms with Crippen molar-refractivity contribution < 1.29 is 28.5 Å². The Morgan fingerprint density at radius 1 is 0.647 bits per heavy atom. The molecule has 0 aliphatic heterocycles. The van der Waals surface area contributed by atoms with E-state index in [2.05, 4.69) is 0 Å². The third kappa shape index (κ3) is 6.89. The summed E-state index contributed by atoms with van der Waals surface area (Å²) in [6.45, 7) is 4.69. The summed E-state index contributed by atoms with van der Waals surface area (Å²) in [7, 11) is 0. The molecule has 0 unspecified atom stereocenters. The predicted molar refractivity (Wildman–Crippen MR) is 130 cm³/mol. The molecule has 0 amide bonds. The summed E-state index contributed by atoms with van der Waals surface area (Å²) in [6.07, 6.45) is 0. The number of benzene rings is 3. The average molecular weight is 503 g/mol. The Morgan fingerprint density at radius 2 is 1.03 bits per heavy atom. The maximum absolute atomic E-state index is 11.8. The topological polar surface area (TPSA) is 71.1 Å². The number of carbonyl (C=O) groups is 2. The second-order valence-electron chi connectivity index (χ2n) is 7.13. The predicted octanol–water partition coefficient (Wildman–Crippen LogP) is 6.50. The van der Waals surface area contributed by atoms with Crippen molar-refractivity contribution in [2.24, 2.45) is 0 Å². The molecule has 0 radical (unpaired) electrons. The van der Waals surface area contributed by atoms with Gasteiger partial charge in [-0.25, -0.2) is 9.59 Å². The lowest BCUT2D eigenvalue weighted by molar-refractivity contribution is 0.0516. The molecule has 34 heavy (non-hydrogen) atoms. The minimum atomic E-state index is -0.426. The number of halogens is 2. The molecule has 0 aliphatic carbocycles. The van der Waals surface area contributed by atoms with E-state index in [1.807, 2.05) is 24.3 Å². The van der Waals surface area contributed by atoms with E-state index in [0.717, 1.165) is 11.1 Å². The first kappa shape index (κ1) is 25.4. The van der Waals surface area contributed by atoms with Crippen molar-refractivity contribution in [3.8, 4) is 11.5 Å². The highest BCUT2D eigenvalue weighted by Crippen LogP contribution is 2.28. The van der Waals surface area contributed by atoms with Gasteiger partial charge in [0.05, 0.1) is 34.4 Å². The van der Waals surface area contributed by atoms with Gasteiger partial charge in [-0.2, -0.15) is 0 Å². The highest BCUT2D eigenvalue weighted by atomic mass is 35.5. The van der Waals surface area contributed by atoms with Crippen LogP contribution in [0.1, 0.15) is 45.7 Å². The van der Waals surface area contributed by atoms with Gasteiger partial charge in [0.15, 0.2) is 0 Å². The Hall–Kier alpha value is -3.22. The summed E-state index contributed by atoms with van der Waals surface area (Å²) < 4.78 is 21.5. The van der Waals surface area contributed by atoms with Crippen LogP contribution in [0.4, 0.5) is 0 Å². The van der Waals surface area contributed by atoms with Crippen molar-refractivity contribution in [1.29, 1.82) is 0 Å². The first-order valence-corrected chi connectivity index (χ1v) is 11.4. The van der Waals surface area contributed by atoms with Crippen molar-refractivity contribution in [1.82, 2.24) is 0 Å². The molecule has 0 saturated heterocycles. The van der Waals surface area contributed by atoms with Gasteiger partial charge in [-0.15, -0.1) is 0 Å². The lowest BCUT2D eigenvalue weighted by Gasteiger charge is -2.11. The van der Waals surface area contributed by atoms with E-state index in [-0.39, 0.29) is 0 Å². The molecule has 3 aromatic rings. The smallest absolute Gasteiger partial charge is 0.338 e. The maximum Gasteiger partial charge on any atom is 0.338 e. The summed E-state index contributed by atoms with van der Waals surface area (Å²) in [4.78, 5) is 23.6. The Labute approximate surface area is 208 Å². The molecule has 3 aromatic carbocycles. The van der Waals surface area contributed by atoms with E-state index in [1.54, 1.807) is 38.1 Å². The quantitative estimate of drug-likeness (QED) is 0.294. The van der Waals surface area contributed by atoms with Gasteiger partial charge >= 0.3 is 11.9 Å². The molecule has 6 nitrogen and oxygen atoms in total. The van der Waals surface area contributed by atoms with Gasteiger partial charge in [-0.3, -0.25) is 0 Å². The molecule has 0 N–H and O–H groups in total. The fourth-order valence-corrected chi connectivity index (χ4v) is 3.44. The van der Waals surface area contributed by atoms with Crippen LogP contribution in [-0.4, -0.2) is 25.2 Å². The molecular formula is C26H24Cl2O6. The molecule has 178 valence electrons. The lowest BCUT2D eigenvalue weighted by atomic mass is 10.1. The maximum atomic E-state index is 11.8. The molecule has 8 heteroatoms. The van der Waals surface area contributed by atoms with E-state index >= 15 is 0 Å². The highest BCUT2D eigenvalue weighted by Gasteiger charge is 2.12. The zero-order chi connectivity index (χ0) is 24.5.